The lowest BCUT2D eigenvalue weighted by Crippen LogP contribution is -2.83. The van der Waals surface area contributed by atoms with Gasteiger partial charge in [-0.05, 0) is 144 Å². The highest BCUT2D eigenvalue weighted by molar-refractivity contribution is 5.65. The predicted molar refractivity (Wildman–Crippen MR) is 244 cm³/mol. The molecule has 350 valence electrons. The number of nitrogens with zero attached hydrogens (tertiary/aromatic N) is 1. The molecule has 4 heterocycles. The van der Waals surface area contributed by atoms with Crippen LogP contribution in [0.3, 0.4) is 0 Å². The van der Waals surface area contributed by atoms with E-state index in [4.69, 9.17) is 18.9 Å². The first-order valence-electron chi connectivity index (χ1n) is 25.1. The van der Waals surface area contributed by atoms with Crippen LogP contribution in [0.15, 0.2) is 24.3 Å². The Kier molecular flexibility index (Phi) is 8.50. The van der Waals surface area contributed by atoms with E-state index in [2.05, 4.69) is 63.9 Å². The number of aliphatic hydroxyl groups is 2. The molecule has 13 aliphatic rings. The number of rotatable bonds is 6. The Hall–Kier alpha value is -2.60. The van der Waals surface area contributed by atoms with Crippen molar-refractivity contribution in [2.75, 3.05) is 33.9 Å². The zero-order valence-corrected chi connectivity index (χ0v) is 40.3. The lowest BCUT2D eigenvalue weighted by atomic mass is 9.33. The number of phenols is 2. The molecule has 0 amide bonds. The summed E-state index contributed by atoms with van der Waals surface area (Å²) in [5.74, 6) is 2.69. The van der Waals surface area contributed by atoms with Crippen LogP contribution in [-0.2, 0) is 33.1 Å². The van der Waals surface area contributed by atoms with Gasteiger partial charge in [0.15, 0.2) is 23.0 Å². The third-order valence-corrected chi connectivity index (χ3v) is 22.2. The number of ether oxygens (including phenoxy) is 4. The molecule has 5 N–H and O–H groups in total. The fourth-order valence-corrected chi connectivity index (χ4v) is 18.1. The third kappa shape index (κ3) is 4.62. The molecule has 9 fully saturated rings. The second-order valence-corrected chi connectivity index (χ2v) is 25.6. The Balaban J connectivity index is 0.000000136. The van der Waals surface area contributed by atoms with Gasteiger partial charge in [0, 0.05) is 77.5 Å². The lowest BCUT2D eigenvalue weighted by molar-refractivity contribution is -0.312. The van der Waals surface area contributed by atoms with Crippen molar-refractivity contribution in [1.82, 2.24) is 10.2 Å². The van der Waals surface area contributed by atoms with E-state index in [9.17, 15) is 20.4 Å². The molecule has 10 heteroatoms. The van der Waals surface area contributed by atoms with Crippen molar-refractivity contribution in [2.45, 2.75) is 190 Å². The van der Waals surface area contributed by atoms with Crippen LogP contribution >= 0.6 is 0 Å². The number of aromatic hydroxyl groups is 2. The highest BCUT2D eigenvalue weighted by Gasteiger charge is 2.84. The molecule has 14 atom stereocenters. The molecule has 10 nitrogen and oxygen atoms in total. The molecular formula is C54H76N2O8. The van der Waals surface area contributed by atoms with E-state index in [1.165, 1.54) is 41.6 Å². The van der Waals surface area contributed by atoms with Crippen LogP contribution in [0.1, 0.15) is 142 Å². The third-order valence-electron chi connectivity index (χ3n) is 22.2. The Morgan fingerprint density at radius 3 is 1.69 bits per heavy atom. The van der Waals surface area contributed by atoms with Crippen molar-refractivity contribution >= 4 is 0 Å². The quantitative estimate of drug-likeness (QED) is 0.197. The zero-order chi connectivity index (χ0) is 45.2. The molecular weight excluding hydrogens is 805 g/mol. The minimum Gasteiger partial charge on any atom is -0.504 e. The van der Waals surface area contributed by atoms with E-state index in [-0.39, 0.29) is 68.0 Å². The number of methoxy groups -OCH3 is 2. The van der Waals surface area contributed by atoms with Crippen molar-refractivity contribution in [3.63, 3.8) is 0 Å². The molecule has 6 unspecified atom stereocenters. The minimum atomic E-state index is -0.910. The van der Waals surface area contributed by atoms with Crippen molar-refractivity contribution < 1.29 is 39.4 Å². The number of phenolic OH excluding ortho intramolecular Hbond substituents is 2. The standard InChI is InChI=1S/C29H41NO4.C25H35NO4/c1-25(2,3)26(4,32)20-15-27-10-11-29(20,33-5)24-28(27)12-13-30(16-17-6-7-17)21(27)14-18-8-9-19(31)23(34-24)22(18)28;1-21(2,3)22(4,28)16-13-23-8-9-25(16,29-5)20-24(23)10-11-26-17(23)12-14-6-7-15(27)19(30-20)18(14)24/h8-9,17,20-21,24,31-32H,6-7,10-16H2,1-5H3;6-7,16-17,20,26-28H,8-13H2,1-5H3/t20-,21?,24?,26?,27-,28+,29-;16-,17?,20?,22?,23-,24+,25-/m11/s1. The number of fused-ring (bicyclic) bond motifs is 4. The summed E-state index contributed by atoms with van der Waals surface area (Å²) in [4.78, 5) is 2.82. The number of nitrogens with one attached hydrogen (secondary N) is 1. The summed E-state index contributed by atoms with van der Waals surface area (Å²) in [7, 11) is 3.63. The monoisotopic (exact) mass is 881 g/mol. The number of piperidine rings is 2. The number of hydrogen-bond acceptors (Lipinski definition) is 10. The van der Waals surface area contributed by atoms with Crippen LogP contribution in [-0.4, -0.2) is 106 Å². The Bertz CT molecular complexity index is 2310. The van der Waals surface area contributed by atoms with Crippen molar-refractivity contribution in [2.24, 2.45) is 39.4 Å². The number of likely N-dealkylation sites (tertiary alicyclic amines) is 1. The predicted octanol–water partition coefficient (Wildman–Crippen LogP) is 7.71. The van der Waals surface area contributed by atoms with Crippen molar-refractivity contribution in [1.29, 1.82) is 0 Å². The van der Waals surface area contributed by atoms with Gasteiger partial charge in [0.1, 0.15) is 23.4 Å². The molecule has 64 heavy (non-hydrogen) atoms. The lowest BCUT2D eigenvalue weighted by Gasteiger charge is -2.75. The second-order valence-electron chi connectivity index (χ2n) is 25.6. The Morgan fingerprint density at radius 1 is 0.672 bits per heavy atom. The topological polar surface area (TPSA) is 133 Å². The molecule has 2 aromatic carbocycles. The van der Waals surface area contributed by atoms with E-state index in [1.807, 2.05) is 27.0 Å². The molecule has 0 aromatic heterocycles. The van der Waals surface area contributed by atoms with Crippen LogP contribution in [0.25, 0.3) is 0 Å². The van der Waals surface area contributed by atoms with Gasteiger partial charge in [0.2, 0.25) is 0 Å². The molecule has 0 radical (unpaired) electrons. The molecule has 4 aliphatic heterocycles. The van der Waals surface area contributed by atoms with E-state index >= 15 is 0 Å². The van der Waals surface area contributed by atoms with Gasteiger partial charge in [-0.15, -0.1) is 0 Å². The van der Waals surface area contributed by atoms with E-state index < -0.39 is 22.4 Å². The molecule has 8 bridgehead atoms. The number of benzene rings is 2. The summed E-state index contributed by atoms with van der Waals surface area (Å²) < 4.78 is 26.7. The van der Waals surface area contributed by atoms with Gasteiger partial charge in [-0.3, -0.25) is 4.90 Å². The Labute approximate surface area is 381 Å². The maximum atomic E-state index is 12.2. The van der Waals surface area contributed by atoms with Gasteiger partial charge in [0.05, 0.1) is 11.2 Å². The van der Waals surface area contributed by atoms with E-state index in [0.29, 0.717) is 23.6 Å². The normalized spacial score (nSPS) is 44.4. The van der Waals surface area contributed by atoms with Crippen LogP contribution in [0, 0.1) is 39.4 Å². The van der Waals surface area contributed by atoms with Gasteiger partial charge in [-0.1, -0.05) is 53.7 Å². The fourth-order valence-electron chi connectivity index (χ4n) is 18.1. The number of hydrogen-bond donors (Lipinski definition) is 5. The van der Waals surface area contributed by atoms with Gasteiger partial charge >= 0.3 is 0 Å². The maximum Gasteiger partial charge on any atom is 0.165 e. The van der Waals surface area contributed by atoms with Crippen molar-refractivity contribution in [3.05, 3.63) is 46.5 Å². The van der Waals surface area contributed by atoms with Crippen molar-refractivity contribution in [3.8, 4) is 23.0 Å². The van der Waals surface area contributed by atoms with Crippen LogP contribution in [0.2, 0.25) is 0 Å². The van der Waals surface area contributed by atoms with Crippen LogP contribution < -0.4 is 14.8 Å². The van der Waals surface area contributed by atoms with Crippen LogP contribution in [0.5, 0.6) is 23.0 Å². The SMILES string of the molecule is CO[C@]12CC[C@@]3(C[C@@H]1C(C)(O)C(C)(C)C)C1Cc4ccc(O)c5c4[C@@]3(CCN1)C2O5.CO[C@]12CC[C@@]3(C[C@@H]1C(C)(O)C(C)(C)C)C1Cc4ccc(O)c5c4[C@@]3(CCN1CC1CC1)C2O5. The summed E-state index contributed by atoms with van der Waals surface area (Å²) in [6.07, 6.45) is 12.3. The van der Waals surface area contributed by atoms with E-state index in [1.54, 1.807) is 13.2 Å². The van der Waals surface area contributed by atoms with Gasteiger partial charge in [-0.2, -0.15) is 0 Å². The maximum absolute atomic E-state index is 12.2. The first kappa shape index (κ1) is 42.7. The zero-order valence-electron chi connectivity index (χ0n) is 40.3. The average Bonchev–Trinajstić information content (AvgIpc) is 3.87. The summed E-state index contributed by atoms with van der Waals surface area (Å²) in [6.45, 7) is 20.1. The Morgan fingerprint density at radius 2 is 1.17 bits per heavy atom. The summed E-state index contributed by atoms with van der Waals surface area (Å²) in [5, 5.41) is 49.8. The highest BCUT2D eigenvalue weighted by atomic mass is 16.6. The minimum absolute atomic E-state index is 0.0160. The largest absolute Gasteiger partial charge is 0.504 e. The molecule has 2 saturated heterocycles. The smallest absolute Gasteiger partial charge is 0.165 e. The summed E-state index contributed by atoms with van der Waals surface area (Å²) in [5.41, 5.74) is 1.44. The van der Waals surface area contributed by atoms with E-state index in [0.717, 1.165) is 83.2 Å². The van der Waals surface area contributed by atoms with Gasteiger partial charge in [0.25, 0.3) is 0 Å². The first-order chi connectivity index (χ1) is 30.1. The highest BCUT2D eigenvalue weighted by Crippen LogP contribution is 2.79. The average molecular weight is 881 g/mol. The second kappa shape index (κ2) is 12.7. The molecule has 15 rings (SSSR count). The summed E-state index contributed by atoms with van der Waals surface area (Å²) in [6, 6.07) is 8.72. The molecule has 9 aliphatic carbocycles. The first-order valence-corrected chi connectivity index (χ1v) is 25.1. The van der Waals surface area contributed by atoms with Gasteiger partial charge < -0.3 is 44.7 Å². The van der Waals surface area contributed by atoms with Gasteiger partial charge in [-0.25, -0.2) is 0 Å². The molecule has 7 saturated carbocycles. The molecule has 2 aromatic rings. The fraction of sp³-hybridized carbons (Fsp3) is 0.778. The van der Waals surface area contributed by atoms with Crippen LogP contribution in [0.4, 0.5) is 0 Å². The summed E-state index contributed by atoms with van der Waals surface area (Å²) >= 11 is 0. The molecule has 4 spiro atoms.